The fourth-order valence-electron chi connectivity index (χ4n) is 1.96. The number of aryl methyl sites for hydroxylation is 1. The Hall–Kier alpha value is -1.36. The highest BCUT2D eigenvalue weighted by Gasteiger charge is 2.23. The topological polar surface area (TPSA) is 73.1 Å². The minimum Gasteiger partial charge on any atom is -0.384 e. The van der Waals surface area contributed by atoms with Gasteiger partial charge >= 0.3 is 0 Å². The van der Waals surface area contributed by atoms with Crippen molar-refractivity contribution in [1.82, 2.24) is 9.97 Å². The van der Waals surface area contributed by atoms with Crippen LogP contribution in [0.4, 0.5) is 11.6 Å². The van der Waals surface area contributed by atoms with Crippen molar-refractivity contribution in [3.05, 3.63) is 11.9 Å². The molecule has 0 spiro atoms. The molecule has 0 aromatic carbocycles. The molecule has 0 amide bonds. The molecular weight excluding hydrogens is 204 g/mol. The number of nitrogen functional groups attached to an aromatic ring is 1. The van der Waals surface area contributed by atoms with Crippen LogP contribution in [0, 0.1) is 12.8 Å². The van der Waals surface area contributed by atoms with Gasteiger partial charge in [-0.2, -0.15) is 0 Å². The molecule has 1 fully saturated rings. The lowest BCUT2D eigenvalue weighted by atomic mass is 10.0. The van der Waals surface area contributed by atoms with E-state index in [1.54, 1.807) is 6.07 Å². The van der Waals surface area contributed by atoms with Crippen molar-refractivity contribution >= 4 is 11.6 Å². The number of nitrogens with zero attached hydrogens (tertiary/aromatic N) is 2. The zero-order chi connectivity index (χ0) is 11.5. The minimum atomic E-state index is 0.327. The van der Waals surface area contributed by atoms with E-state index >= 15 is 0 Å². The molecule has 2 rings (SSSR count). The van der Waals surface area contributed by atoms with Gasteiger partial charge in [-0.25, -0.2) is 9.97 Å². The van der Waals surface area contributed by atoms with Crippen LogP contribution in [-0.2, 0) is 4.74 Å². The van der Waals surface area contributed by atoms with Crippen molar-refractivity contribution in [2.24, 2.45) is 5.92 Å². The molecule has 0 bridgehead atoms. The van der Waals surface area contributed by atoms with Crippen LogP contribution < -0.4 is 11.1 Å². The molecule has 1 aromatic rings. The number of ether oxygens (including phenoxy) is 1. The molecule has 88 valence electrons. The highest BCUT2D eigenvalue weighted by atomic mass is 16.5. The highest BCUT2D eigenvalue weighted by molar-refractivity contribution is 5.44. The maximum Gasteiger partial charge on any atom is 0.131 e. The van der Waals surface area contributed by atoms with Gasteiger partial charge in [0, 0.05) is 25.1 Å². The second-order valence-corrected chi connectivity index (χ2v) is 4.23. The first-order valence-electron chi connectivity index (χ1n) is 5.62. The summed E-state index contributed by atoms with van der Waals surface area (Å²) in [6.45, 7) is 5.68. The van der Waals surface area contributed by atoms with Crippen molar-refractivity contribution < 1.29 is 4.74 Å². The predicted octanol–water partition coefficient (Wildman–Crippen LogP) is 1.20. The number of hydrogen-bond donors (Lipinski definition) is 2. The fourth-order valence-corrected chi connectivity index (χ4v) is 1.96. The highest BCUT2D eigenvalue weighted by Crippen LogP contribution is 2.20. The first kappa shape index (κ1) is 11.1. The van der Waals surface area contributed by atoms with E-state index in [1.165, 1.54) is 0 Å². The molecule has 0 radical (unpaired) electrons. The summed E-state index contributed by atoms with van der Waals surface area (Å²) in [5, 5.41) is 3.29. The van der Waals surface area contributed by atoms with Gasteiger partial charge in [0.2, 0.25) is 0 Å². The summed E-state index contributed by atoms with van der Waals surface area (Å²) >= 11 is 0. The average Bonchev–Trinajstić information content (AvgIpc) is 2.59. The molecule has 2 unspecified atom stereocenters. The van der Waals surface area contributed by atoms with Crippen LogP contribution in [0.3, 0.4) is 0 Å². The number of rotatable bonds is 3. The van der Waals surface area contributed by atoms with Crippen molar-refractivity contribution in [1.29, 1.82) is 0 Å². The number of hydrogen-bond acceptors (Lipinski definition) is 5. The van der Waals surface area contributed by atoms with Gasteiger partial charge in [0.05, 0.1) is 6.10 Å². The number of anilines is 2. The van der Waals surface area contributed by atoms with Crippen molar-refractivity contribution in [2.45, 2.75) is 26.4 Å². The van der Waals surface area contributed by atoms with Gasteiger partial charge in [-0.05, 0) is 20.3 Å². The zero-order valence-corrected chi connectivity index (χ0v) is 9.73. The van der Waals surface area contributed by atoms with E-state index in [0.717, 1.165) is 25.4 Å². The Balaban J connectivity index is 1.94. The molecule has 3 N–H and O–H groups in total. The molecule has 1 aliphatic heterocycles. The standard InChI is InChI=1S/C11H18N4O/c1-7-9(3-4-16-7)6-13-11-5-10(12)14-8(2)15-11/h5,7,9H,3-4,6H2,1-2H3,(H3,12,13,14,15). The van der Waals surface area contributed by atoms with E-state index in [1.807, 2.05) is 6.92 Å². The predicted molar refractivity (Wildman–Crippen MR) is 63.2 cm³/mol. The van der Waals surface area contributed by atoms with Crippen LogP contribution in [0.25, 0.3) is 0 Å². The van der Waals surface area contributed by atoms with Crippen LogP contribution in [0.1, 0.15) is 19.2 Å². The van der Waals surface area contributed by atoms with E-state index in [-0.39, 0.29) is 0 Å². The number of nitrogens with one attached hydrogen (secondary N) is 1. The molecule has 0 aliphatic carbocycles. The third-order valence-electron chi connectivity index (χ3n) is 2.94. The van der Waals surface area contributed by atoms with E-state index in [4.69, 9.17) is 10.5 Å². The van der Waals surface area contributed by atoms with Gasteiger partial charge in [-0.1, -0.05) is 0 Å². The second kappa shape index (κ2) is 4.65. The smallest absolute Gasteiger partial charge is 0.131 e. The Bertz CT molecular complexity index is 349. The molecule has 0 saturated carbocycles. The molecule has 2 atom stereocenters. The van der Waals surface area contributed by atoms with Crippen LogP contribution >= 0.6 is 0 Å². The van der Waals surface area contributed by atoms with Gasteiger partial charge in [0.1, 0.15) is 17.5 Å². The first-order valence-corrected chi connectivity index (χ1v) is 5.62. The molecule has 5 nitrogen and oxygen atoms in total. The number of nitrogens with two attached hydrogens (primary N) is 1. The van der Waals surface area contributed by atoms with Crippen LogP contribution in [0.2, 0.25) is 0 Å². The van der Waals surface area contributed by atoms with Crippen LogP contribution in [-0.4, -0.2) is 29.2 Å². The molecule has 5 heteroatoms. The monoisotopic (exact) mass is 222 g/mol. The van der Waals surface area contributed by atoms with Crippen molar-refractivity contribution in [2.75, 3.05) is 24.2 Å². The summed E-state index contributed by atoms with van der Waals surface area (Å²) in [4.78, 5) is 8.31. The largest absolute Gasteiger partial charge is 0.384 e. The average molecular weight is 222 g/mol. The van der Waals surface area contributed by atoms with E-state index in [2.05, 4.69) is 22.2 Å². The van der Waals surface area contributed by atoms with Crippen LogP contribution in [0.5, 0.6) is 0 Å². The van der Waals surface area contributed by atoms with Gasteiger partial charge < -0.3 is 15.8 Å². The summed E-state index contributed by atoms with van der Waals surface area (Å²) in [6, 6.07) is 1.76. The molecule has 2 heterocycles. The summed E-state index contributed by atoms with van der Waals surface area (Å²) < 4.78 is 5.50. The second-order valence-electron chi connectivity index (χ2n) is 4.23. The molecule has 1 aliphatic rings. The van der Waals surface area contributed by atoms with E-state index in [9.17, 15) is 0 Å². The van der Waals surface area contributed by atoms with Crippen LogP contribution in [0.15, 0.2) is 6.07 Å². The molecular formula is C11H18N4O. The van der Waals surface area contributed by atoms with Gasteiger partial charge in [0.15, 0.2) is 0 Å². The van der Waals surface area contributed by atoms with Crippen molar-refractivity contribution in [3.63, 3.8) is 0 Å². The Morgan fingerprint density at radius 1 is 1.56 bits per heavy atom. The minimum absolute atomic E-state index is 0.327. The van der Waals surface area contributed by atoms with Gasteiger partial charge in [0.25, 0.3) is 0 Å². The maximum atomic E-state index is 5.65. The normalized spacial score (nSPS) is 24.6. The Morgan fingerprint density at radius 2 is 2.38 bits per heavy atom. The molecule has 16 heavy (non-hydrogen) atoms. The van der Waals surface area contributed by atoms with E-state index < -0.39 is 0 Å². The lowest BCUT2D eigenvalue weighted by Gasteiger charge is -2.15. The Morgan fingerprint density at radius 3 is 3.00 bits per heavy atom. The zero-order valence-electron chi connectivity index (χ0n) is 9.73. The van der Waals surface area contributed by atoms with Gasteiger partial charge in [-0.15, -0.1) is 0 Å². The Kier molecular flexibility index (Phi) is 3.24. The molecule has 1 aromatic heterocycles. The summed E-state index contributed by atoms with van der Waals surface area (Å²) in [5.74, 6) is 2.55. The summed E-state index contributed by atoms with van der Waals surface area (Å²) in [7, 11) is 0. The maximum absolute atomic E-state index is 5.65. The van der Waals surface area contributed by atoms with Crippen molar-refractivity contribution in [3.8, 4) is 0 Å². The quantitative estimate of drug-likeness (QED) is 0.804. The SMILES string of the molecule is Cc1nc(N)cc(NCC2CCOC2C)n1. The third kappa shape index (κ3) is 2.61. The third-order valence-corrected chi connectivity index (χ3v) is 2.94. The summed E-state index contributed by atoms with van der Waals surface area (Å²) in [5.41, 5.74) is 5.65. The lowest BCUT2D eigenvalue weighted by molar-refractivity contribution is 0.108. The van der Waals surface area contributed by atoms with Gasteiger partial charge in [-0.3, -0.25) is 0 Å². The van der Waals surface area contributed by atoms with E-state index in [0.29, 0.717) is 23.7 Å². The first-order chi connectivity index (χ1) is 7.65. The Labute approximate surface area is 95.4 Å². The molecule has 1 saturated heterocycles. The fraction of sp³-hybridized carbons (Fsp3) is 0.636. The lowest BCUT2D eigenvalue weighted by Crippen LogP contribution is -2.21. The summed E-state index contributed by atoms with van der Waals surface area (Å²) in [6.07, 6.45) is 1.43. The number of aromatic nitrogens is 2.